The molecule has 112 valence electrons. The molecular formula is C18H30N2. The van der Waals surface area contributed by atoms with Crippen LogP contribution in [0.15, 0.2) is 18.2 Å². The molecule has 0 aliphatic heterocycles. The number of hydrogen-bond donors (Lipinski definition) is 1. The number of aryl methyl sites for hydroxylation is 2. The van der Waals surface area contributed by atoms with Crippen molar-refractivity contribution >= 4 is 0 Å². The summed E-state index contributed by atoms with van der Waals surface area (Å²) in [5, 5.41) is 3.65. The number of hydrogen-bond acceptors (Lipinski definition) is 2. The molecule has 0 heterocycles. The fraction of sp³-hybridized carbons (Fsp3) is 0.667. The van der Waals surface area contributed by atoms with Gasteiger partial charge < -0.3 is 10.2 Å². The molecule has 1 aromatic rings. The number of rotatable bonds is 6. The van der Waals surface area contributed by atoms with Gasteiger partial charge in [0.05, 0.1) is 0 Å². The molecular weight excluding hydrogens is 244 g/mol. The maximum absolute atomic E-state index is 3.65. The van der Waals surface area contributed by atoms with Gasteiger partial charge in [-0.25, -0.2) is 0 Å². The van der Waals surface area contributed by atoms with Crippen LogP contribution >= 0.6 is 0 Å². The fourth-order valence-corrected chi connectivity index (χ4v) is 2.86. The van der Waals surface area contributed by atoms with E-state index in [0.29, 0.717) is 12.1 Å². The molecule has 1 N–H and O–H groups in total. The maximum Gasteiger partial charge on any atom is 0.0292 e. The monoisotopic (exact) mass is 274 g/mol. The van der Waals surface area contributed by atoms with Crippen molar-refractivity contribution in [2.45, 2.75) is 58.5 Å². The summed E-state index contributed by atoms with van der Waals surface area (Å²) in [7, 11) is 2.19. The second kappa shape index (κ2) is 7.24. The van der Waals surface area contributed by atoms with Crippen molar-refractivity contribution < 1.29 is 0 Å². The summed E-state index contributed by atoms with van der Waals surface area (Å²) in [4.78, 5) is 2.38. The van der Waals surface area contributed by atoms with Crippen LogP contribution in [0.4, 0.5) is 0 Å². The van der Waals surface area contributed by atoms with Gasteiger partial charge in [-0.05, 0) is 70.2 Å². The van der Waals surface area contributed by atoms with Crippen LogP contribution in [0.3, 0.4) is 0 Å². The van der Waals surface area contributed by atoms with Gasteiger partial charge in [-0.1, -0.05) is 18.2 Å². The first-order valence-corrected chi connectivity index (χ1v) is 8.13. The van der Waals surface area contributed by atoms with E-state index in [0.717, 1.165) is 13.1 Å². The van der Waals surface area contributed by atoms with Gasteiger partial charge in [0, 0.05) is 25.2 Å². The van der Waals surface area contributed by atoms with Gasteiger partial charge in [-0.2, -0.15) is 0 Å². The van der Waals surface area contributed by atoms with Crippen molar-refractivity contribution in [2.24, 2.45) is 0 Å². The van der Waals surface area contributed by atoms with Gasteiger partial charge in [0.2, 0.25) is 0 Å². The van der Waals surface area contributed by atoms with E-state index in [-0.39, 0.29) is 0 Å². The molecule has 1 aliphatic carbocycles. The highest BCUT2D eigenvalue weighted by Crippen LogP contribution is 2.24. The number of fused-ring (bicyclic) bond motifs is 1. The van der Waals surface area contributed by atoms with E-state index >= 15 is 0 Å². The average molecular weight is 274 g/mol. The van der Waals surface area contributed by atoms with Gasteiger partial charge in [-0.15, -0.1) is 0 Å². The molecule has 2 rings (SSSR count). The molecule has 1 aromatic carbocycles. The molecule has 1 aliphatic rings. The summed E-state index contributed by atoms with van der Waals surface area (Å²) in [6, 6.07) is 8.16. The van der Waals surface area contributed by atoms with E-state index in [1.54, 1.807) is 11.1 Å². The van der Waals surface area contributed by atoms with Crippen molar-refractivity contribution in [1.29, 1.82) is 0 Å². The van der Waals surface area contributed by atoms with Crippen LogP contribution in [0.2, 0.25) is 0 Å². The van der Waals surface area contributed by atoms with Crippen LogP contribution in [0.5, 0.6) is 0 Å². The van der Waals surface area contributed by atoms with Crippen LogP contribution in [-0.2, 0) is 12.8 Å². The standard InChI is InChI=1S/C18H30N2/c1-14(2)20(4)12-11-19-15(3)17-10-9-16-7-5-6-8-18(16)13-17/h9-10,13-15,19H,5-8,11-12H2,1-4H3. The van der Waals surface area contributed by atoms with Crippen molar-refractivity contribution in [3.8, 4) is 0 Å². The Kier molecular flexibility index (Phi) is 5.62. The van der Waals surface area contributed by atoms with E-state index in [9.17, 15) is 0 Å². The highest BCUT2D eigenvalue weighted by Gasteiger charge is 2.12. The Morgan fingerprint density at radius 2 is 1.80 bits per heavy atom. The lowest BCUT2D eigenvalue weighted by Crippen LogP contribution is -2.34. The first kappa shape index (κ1) is 15.5. The Bertz CT molecular complexity index is 425. The molecule has 0 amide bonds. The van der Waals surface area contributed by atoms with Crippen LogP contribution < -0.4 is 5.32 Å². The minimum absolute atomic E-state index is 0.447. The fourth-order valence-electron chi connectivity index (χ4n) is 2.86. The molecule has 0 radical (unpaired) electrons. The molecule has 0 spiro atoms. The molecule has 1 unspecified atom stereocenters. The number of nitrogens with zero attached hydrogens (tertiary/aromatic N) is 1. The summed E-state index contributed by atoms with van der Waals surface area (Å²) in [5.74, 6) is 0. The quantitative estimate of drug-likeness (QED) is 0.853. The minimum atomic E-state index is 0.447. The summed E-state index contributed by atoms with van der Waals surface area (Å²) < 4.78 is 0. The third-order valence-corrected chi connectivity index (χ3v) is 4.67. The lowest BCUT2D eigenvalue weighted by Gasteiger charge is -2.23. The lowest BCUT2D eigenvalue weighted by atomic mass is 9.89. The first-order chi connectivity index (χ1) is 9.58. The van der Waals surface area contributed by atoms with E-state index in [2.05, 4.69) is 56.2 Å². The van der Waals surface area contributed by atoms with Crippen molar-refractivity contribution in [2.75, 3.05) is 20.1 Å². The van der Waals surface area contributed by atoms with Gasteiger partial charge in [0.1, 0.15) is 0 Å². The van der Waals surface area contributed by atoms with E-state index < -0.39 is 0 Å². The molecule has 0 aromatic heterocycles. The van der Waals surface area contributed by atoms with Crippen molar-refractivity contribution in [3.05, 3.63) is 34.9 Å². The van der Waals surface area contributed by atoms with Crippen molar-refractivity contribution in [1.82, 2.24) is 10.2 Å². The molecule has 2 heteroatoms. The molecule has 0 fully saturated rings. The van der Waals surface area contributed by atoms with Gasteiger partial charge in [0.15, 0.2) is 0 Å². The lowest BCUT2D eigenvalue weighted by molar-refractivity contribution is 0.270. The molecule has 0 saturated carbocycles. The Balaban J connectivity index is 1.87. The Morgan fingerprint density at radius 3 is 2.50 bits per heavy atom. The molecule has 20 heavy (non-hydrogen) atoms. The Morgan fingerprint density at radius 1 is 1.10 bits per heavy atom. The molecule has 0 bridgehead atoms. The number of benzene rings is 1. The van der Waals surface area contributed by atoms with Crippen LogP contribution in [0.1, 0.15) is 56.3 Å². The number of nitrogens with one attached hydrogen (secondary N) is 1. The normalized spacial score (nSPS) is 16.5. The van der Waals surface area contributed by atoms with Gasteiger partial charge in [-0.3, -0.25) is 0 Å². The largest absolute Gasteiger partial charge is 0.309 e. The highest BCUT2D eigenvalue weighted by molar-refractivity contribution is 5.35. The maximum atomic E-state index is 3.65. The summed E-state index contributed by atoms with van der Waals surface area (Å²) in [5.41, 5.74) is 4.60. The van der Waals surface area contributed by atoms with Crippen molar-refractivity contribution in [3.63, 3.8) is 0 Å². The van der Waals surface area contributed by atoms with Crippen LogP contribution in [-0.4, -0.2) is 31.1 Å². The molecule has 0 saturated heterocycles. The van der Waals surface area contributed by atoms with Gasteiger partial charge in [0.25, 0.3) is 0 Å². The predicted molar refractivity (Wildman–Crippen MR) is 87.3 cm³/mol. The Hall–Kier alpha value is -0.860. The average Bonchev–Trinajstić information content (AvgIpc) is 2.46. The second-order valence-corrected chi connectivity index (χ2v) is 6.49. The summed E-state index contributed by atoms with van der Waals surface area (Å²) >= 11 is 0. The third kappa shape index (κ3) is 4.07. The highest BCUT2D eigenvalue weighted by atomic mass is 15.1. The Labute approximate surface area is 124 Å². The molecule has 1 atom stereocenters. The summed E-state index contributed by atoms with van der Waals surface area (Å²) in [6.45, 7) is 8.92. The minimum Gasteiger partial charge on any atom is -0.309 e. The topological polar surface area (TPSA) is 15.3 Å². The smallest absolute Gasteiger partial charge is 0.0292 e. The zero-order valence-corrected chi connectivity index (χ0v) is 13.6. The van der Waals surface area contributed by atoms with E-state index in [4.69, 9.17) is 0 Å². The SMILES string of the molecule is CC(NCCN(C)C(C)C)c1ccc2c(c1)CCCC2. The zero-order valence-electron chi connectivity index (χ0n) is 13.6. The van der Waals surface area contributed by atoms with Crippen LogP contribution in [0, 0.1) is 0 Å². The first-order valence-electron chi connectivity index (χ1n) is 8.13. The zero-order chi connectivity index (χ0) is 14.5. The number of likely N-dealkylation sites (N-methyl/N-ethyl adjacent to an activating group) is 1. The van der Waals surface area contributed by atoms with Crippen LogP contribution in [0.25, 0.3) is 0 Å². The molecule has 2 nitrogen and oxygen atoms in total. The van der Waals surface area contributed by atoms with Gasteiger partial charge >= 0.3 is 0 Å². The third-order valence-electron chi connectivity index (χ3n) is 4.67. The second-order valence-electron chi connectivity index (χ2n) is 6.49. The van der Waals surface area contributed by atoms with E-state index in [1.165, 1.54) is 31.2 Å². The summed E-state index contributed by atoms with van der Waals surface area (Å²) in [6.07, 6.45) is 5.27. The van der Waals surface area contributed by atoms with E-state index in [1.807, 2.05) is 0 Å². The predicted octanol–water partition coefficient (Wildman–Crippen LogP) is 3.56.